The lowest BCUT2D eigenvalue weighted by Gasteiger charge is -2.07. The molecule has 3 aromatic rings. The molecule has 1 amide bonds. The smallest absolute Gasteiger partial charge is 0.314 e. The second kappa shape index (κ2) is 8.70. The maximum absolute atomic E-state index is 12.2. The molecule has 0 aliphatic carbocycles. The largest absolute Gasteiger partial charge is 0.496 e. The number of nitro benzene ring substituents is 1. The van der Waals surface area contributed by atoms with Crippen LogP contribution in [0.5, 0.6) is 11.5 Å². The Morgan fingerprint density at radius 2 is 2.00 bits per heavy atom. The Kier molecular flexibility index (Phi) is 6.08. The predicted octanol–water partition coefficient (Wildman–Crippen LogP) is 4.36. The molecule has 0 aliphatic rings. The normalized spacial score (nSPS) is 10.4. The molecule has 1 aromatic heterocycles. The Morgan fingerprint density at radius 1 is 1.21 bits per heavy atom. The summed E-state index contributed by atoms with van der Waals surface area (Å²) >= 11 is 1.29. The van der Waals surface area contributed by atoms with E-state index < -0.39 is 10.8 Å². The summed E-state index contributed by atoms with van der Waals surface area (Å²) in [5, 5.41) is 16.1. The molecule has 9 heteroatoms. The third kappa shape index (κ3) is 4.88. The van der Waals surface area contributed by atoms with Crippen molar-refractivity contribution in [2.75, 3.05) is 19.0 Å². The zero-order valence-electron chi connectivity index (χ0n) is 16.1. The highest BCUT2D eigenvalue weighted by molar-refractivity contribution is 7.14. The first-order chi connectivity index (χ1) is 13.9. The van der Waals surface area contributed by atoms with Gasteiger partial charge in [-0.15, -0.1) is 11.3 Å². The minimum atomic E-state index is -0.591. The lowest BCUT2D eigenvalue weighted by atomic mass is 10.1. The molecule has 0 bridgehead atoms. The molecule has 1 N–H and O–H groups in total. The summed E-state index contributed by atoms with van der Waals surface area (Å²) in [5.41, 5.74) is 3.82. The van der Waals surface area contributed by atoms with Gasteiger partial charge < -0.3 is 9.47 Å². The highest BCUT2D eigenvalue weighted by Gasteiger charge is 2.18. The maximum Gasteiger partial charge on any atom is 0.314 e. The van der Waals surface area contributed by atoms with Crippen molar-refractivity contribution >= 4 is 28.1 Å². The van der Waals surface area contributed by atoms with Crippen molar-refractivity contribution < 1.29 is 19.2 Å². The monoisotopic (exact) mass is 413 g/mol. The van der Waals surface area contributed by atoms with Crippen LogP contribution in [0, 0.1) is 24.0 Å². The molecule has 0 saturated carbocycles. The Morgan fingerprint density at radius 3 is 2.69 bits per heavy atom. The first kappa shape index (κ1) is 20.3. The van der Waals surface area contributed by atoms with Gasteiger partial charge in [-0.1, -0.05) is 12.1 Å². The van der Waals surface area contributed by atoms with E-state index in [4.69, 9.17) is 9.47 Å². The number of nitrogens with zero attached hydrogens (tertiary/aromatic N) is 2. The van der Waals surface area contributed by atoms with E-state index in [9.17, 15) is 14.9 Å². The van der Waals surface area contributed by atoms with E-state index >= 15 is 0 Å². The molecular weight excluding hydrogens is 394 g/mol. The molecule has 8 nitrogen and oxygen atoms in total. The van der Waals surface area contributed by atoms with Crippen LogP contribution in [0.4, 0.5) is 10.8 Å². The summed E-state index contributed by atoms with van der Waals surface area (Å²) in [6.07, 6.45) is 0. The molecule has 1 heterocycles. The van der Waals surface area contributed by atoms with Gasteiger partial charge in [-0.25, -0.2) is 4.98 Å². The van der Waals surface area contributed by atoms with Gasteiger partial charge in [0.1, 0.15) is 5.75 Å². The van der Waals surface area contributed by atoms with Crippen molar-refractivity contribution in [3.8, 4) is 22.8 Å². The number of aromatic nitrogens is 1. The highest BCUT2D eigenvalue weighted by atomic mass is 32.1. The standard InChI is InChI=1S/C20H19N3O5S/c1-12-4-5-14(8-13(12)2)16-11-29-20(21-16)22-19(24)10-28-18-7-6-15(27-3)9-17(18)23(25)26/h4-9,11H,10H2,1-3H3,(H,21,22,24). The number of ether oxygens (including phenoxy) is 2. The van der Waals surface area contributed by atoms with Gasteiger partial charge in [-0.2, -0.15) is 0 Å². The fourth-order valence-corrected chi connectivity index (χ4v) is 3.29. The first-order valence-electron chi connectivity index (χ1n) is 8.65. The average Bonchev–Trinajstić information content (AvgIpc) is 3.16. The minimum absolute atomic E-state index is 0.0130. The van der Waals surface area contributed by atoms with Gasteiger partial charge in [0.05, 0.1) is 23.8 Å². The van der Waals surface area contributed by atoms with Crippen LogP contribution >= 0.6 is 11.3 Å². The molecule has 2 aromatic carbocycles. The van der Waals surface area contributed by atoms with Gasteiger partial charge in [0.2, 0.25) is 0 Å². The molecule has 0 radical (unpaired) electrons. The molecule has 0 fully saturated rings. The van der Waals surface area contributed by atoms with Gasteiger partial charge in [-0.05, 0) is 43.2 Å². The molecule has 0 atom stereocenters. The summed E-state index contributed by atoms with van der Waals surface area (Å²) in [6.45, 7) is 3.69. The van der Waals surface area contributed by atoms with Crippen LogP contribution < -0.4 is 14.8 Å². The van der Waals surface area contributed by atoms with E-state index in [0.29, 0.717) is 10.9 Å². The fourth-order valence-electron chi connectivity index (χ4n) is 2.55. The molecule has 0 spiro atoms. The molecule has 3 rings (SSSR count). The molecular formula is C20H19N3O5S. The van der Waals surface area contributed by atoms with Crippen LogP contribution in [0.25, 0.3) is 11.3 Å². The Hall–Kier alpha value is -3.46. The zero-order chi connectivity index (χ0) is 21.0. The number of rotatable bonds is 7. The van der Waals surface area contributed by atoms with E-state index in [1.54, 1.807) is 0 Å². The summed E-state index contributed by atoms with van der Waals surface area (Å²) in [6, 6.07) is 10.2. The molecule has 150 valence electrons. The molecule has 0 aliphatic heterocycles. The number of hydrogen-bond donors (Lipinski definition) is 1. The van der Waals surface area contributed by atoms with E-state index in [2.05, 4.69) is 10.3 Å². The lowest BCUT2D eigenvalue weighted by Crippen LogP contribution is -2.20. The fraction of sp³-hybridized carbons (Fsp3) is 0.200. The topological polar surface area (TPSA) is 104 Å². The van der Waals surface area contributed by atoms with E-state index in [0.717, 1.165) is 16.8 Å². The third-order valence-corrected chi connectivity index (χ3v) is 5.03. The van der Waals surface area contributed by atoms with Crippen molar-refractivity contribution in [3.05, 3.63) is 63.0 Å². The van der Waals surface area contributed by atoms with Crippen molar-refractivity contribution in [2.24, 2.45) is 0 Å². The van der Waals surface area contributed by atoms with Crippen LogP contribution in [-0.4, -0.2) is 29.5 Å². The van der Waals surface area contributed by atoms with Gasteiger partial charge in [0.15, 0.2) is 17.5 Å². The Balaban J connectivity index is 1.64. The second-order valence-electron chi connectivity index (χ2n) is 6.26. The number of hydrogen-bond acceptors (Lipinski definition) is 7. The summed E-state index contributed by atoms with van der Waals surface area (Å²) < 4.78 is 10.3. The lowest BCUT2D eigenvalue weighted by molar-refractivity contribution is -0.385. The number of methoxy groups -OCH3 is 1. The number of amides is 1. The quantitative estimate of drug-likeness (QED) is 0.456. The van der Waals surface area contributed by atoms with E-state index in [1.165, 1.54) is 42.2 Å². The number of thiazole rings is 1. The van der Waals surface area contributed by atoms with Crippen LogP contribution in [0.1, 0.15) is 11.1 Å². The predicted molar refractivity (Wildman–Crippen MR) is 111 cm³/mol. The van der Waals surface area contributed by atoms with Crippen molar-refractivity contribution in [1.82, 2.24) is 4.98 Å². The Bertz CT molecular complexity index is 1060. The van der Waals surface area contributed by atoms with E-state index in [-0.39, 0.29) is 18.0 Å². The van der Waals surface area contributed by atoms with Crippen molar-refractivity contribution in [3.63, 3.8) is 0 Å². The van der Waals surface area contributed by atoms with Crippen molar-refractivity contribution in [1.29, 1.82) is 0 Å². The van der Waals surface area contributed by atoms with Crippen LogP contribution in [0.15, 0.2) is 41.8 Å². The molecule has 29 heavy (non-hydrogen) atoms. The summed E-state index contributed by atoms with van der Waals surface area (Å²) in [5.74, 6) is -0.146. The van der Waals surface area contributed by atoms with Crippen LogP contribution in [0.2, 0.25) is 0 Å². The molecule has 0 unspecified atom stereocenters. The summed E-state index contributed by atoms with van der Waals surface area (Å²) in [7, 11) is 1.41. The van der Waals surface area contributed by atoms with E-state index in [1.807, 2.05) is 37.4 Å². The average molecular weight is 413 g/mol. The zero-order valence-corrected chi connectivity index (χ0v) is 16.9. The number of benzene rings is 2. The number of anilines is 1. The number of nitrogens with one attached hydrogen (secondary N) is 1. The van der Waals surface area contributed by atoms with Gasteiger partial charge in [0, 0.05) is 10.9 Å². The van der Waals surface area contributed by atoms with Gasteiger partial charge >= 0.3 is 5.69 Å². The summed E-state index contributed by atoms with van der Waals surface area (Å²) in [4.78, 5) is 27.2. The number of nitro groups is 1. The Labute approximate surface area is 171 Å². The van der Waals surface area contributed by atoms with Crippen LogP contribution in [-0.2, 0) is 4.79 Å². The second-order valence-corrected chi connectivity index (χ2v) is 7.12. The van der Waals surface area contributed by atoms with Gasteiger partial charge in [0.25, 0.3) is 5.91 Å². The number of aryl methyl sites for hydroxylation is 2. The number of carbonyl (C=O) groups excluding carboxylic acids is 1. The SMILES string of the molecule is COc1ccc(OCC(=O)Nc2nc(-c3ccc(C)c(C)c3)cs2)c([N+](=O)[O-])c1. The van der Waals surface area contributed by atoms with Crippen LogP contribution in [0.3, 0.4) is 0 Å². The van der Waals surface area contributed by atoms with Gasteiger partial charge in [-0.3, -0.25) is 20.2 Å². The maximum atomic E-state index is 12.2. The minimum Gasteiger partial charge on any atom is -0.496 e. The van der Waals surface area contributed by atoms with Crippen molar-refractivity contribution in [2.45, 2.75) is 13.8 Å². The number of carbonyl (C=O) groups is 1. The molecule has 0 saturated heterocycles. The highest BCUT2D eigenvalue weighted by Crippen LogP contribution is 2.31. The first-order valence-corrected chi connectivity index (χ1v) is 9.53. The third-order valence-electron chi connectivity index (χ3n) is 4.27.